The Morgan fingerprint density at radius 3 is 2.26 bits per heavy atom. The van der Waals surface area contributed by atoms with Gasteiger partial charge in [0.2, 0.25) is 0 Å². The standard InChI is InChI=1S/C21H37NO4Si/c1-7-8-13-22-19-11-9-18(10-12-19)20(23)25-16-14-24-15-17-26-27(5,6)21(2,3)4/h9-12,22H,7-8,13-17H2,1-6H3. The van der Waals surface area contributed by atoms with Crippen molar-refractivity contribution in [3.63, 3.8) is 0 Å². The Bertz CT molecular complexity index is 552. The Labute approximate surface area is 165 Å². The molecule has 0 amide bonds. The molecule has 0 bridgehead atoms. The van der Waals surface area contributed by atoms with E-state index in [1.807, 2.05) is 12.1 Å². The molecular weight excluding hydrogens is 358 g/mol. The molecule has 1 N–H and O–H groups in total. The molecule has 0 saturated heterocycles. The van der Waals surface area contributed by atoms with Gasteiger partial charge in [-0.2, -0.15) is 0 Å². The van der Waals surface area contributed by atoms with E-state index in [9.17, 15) is 4.79 Å². The van der Waals surface area contributed by atoms with E-state index in [0.717, 1.165) is 25.1 Å². The van der Waals surface area contributed by atoms with E-state index in [0.29, 0.717) is 25.4 Å². The minimum Gasteiger partial charge on any atom is -0.460 e. The highest BCUT2D eigenvalue weighted by atomic mass is 28.4. The summed E-state index contributed by atoms with van der Waals surface area (Å²) in [5, 5.41) is 3.52. The van der Waals surface area contributed by atoms with E-state index in [4.69, 9.17) is 13.9 Å². The van der Waals surface area contributed by atoms with Crippen LogP contribution in [0.25, 0.3) is 0 Å². The summed E-state index contributed by atoms with van der Waals surface area (Å²) in [5.74, 6) is -0.323. The fourth-order valence-corrected chi connectivity index (χ4v) is 3.11. The second-order valence-electron chi connectivity index (χ2n) is 8.21. The second-order valence-corrected chi connectivity index (χ2v) is 13.0. The fourth-order valence-electron chi connectivity index (χ4n) is 2.08. The summed E-state index contributed by atoms with van der Waals surface area (Å²) in [6.07, 6.45) is 2.28. The summed E-state index contributed by atoms with van der Waals surface area (Å²) >= 11 is 0. The van der Waals surface area contributed by atoms with Gasteiger partial charge in [0.25, 0.3) is 0 Å². The van der Waals surface area contributed by atoms with E-state index < -0.39 is 8.32 Å². The summed E-state index contributed by atoms with van der Waals surface area (Å²) in [4.78, 5) is 12.0. The first-order valence-corrected chi connectivity index (χ1v) is 12.8. The highest BCUT2D eigenvalue weighted by Gasteiger charge is 2.36. The van der Waals surface area contributed by atoms with Crippen molar-refractivity contribution in [1.29, 1.82) is 0 Å². The van der Waals surface area contributed by atoms with Gasteiger partial charge in [-0.05, 0) is 48.8 Å². The average molecular weight is 396 g/mol. The number of rotatable bonds is 12. The van der Waals surface area contributed by atoms with Crippen LogP contribution in [0.2, 0.25) is 18.1 Å². The minimum absolute atomic E-state index is 0.198. The normalized spacial score (nSPS) is 12.1. The number of hydrogen-bond acceptors (Lipinski definition) is 5. The summed E-state index contributed by atoms with van der Waals surface area (Å²) in [7, 11) is -1.72. The third-order valence-electron chi connectivity index (χ3n) is 4.94. The van der Waals surface area contributed by atoms with Gasteiger partial charge in [-0.3, -0.25) is 0 Å². The van der Waals surface area contributed by atoms with Crippen molar-refractivity contribution in [3.8, 4) is 0 Å². The molecule has 0 aliphatic heterocycles. The van der Waals surface area contributed by atoms with Crippen LogP contribution in [0.1, 0.15) is 50.9 Å². The van der Waals surface area contributed by atoms with Crippen LogP contribution < -0.4 is 5.32 Å². The van der Waals surface area contributed by atoms with Crippen molar-refractivity contribution in [2.75, 3.05) is 38.3 Å². The molecule has 154 valence electrons. The molecule has 1 aromatic rings. The molecular formula is C21H37NO4Si. The minimum atomic E-state index is -1.72. The number of hydrogen-bond donors (Lipinski definition) is 1. The highest BCUT2D eigenvalue weighted by Crippen LogP contribution is 2.36. The molecule has 0 radical (unpaired) electrons. The van der Waals surface area contributed by atoms with E-state index in [-0.39, 0.29) is 17.6 Å². The summed E-state index contributed by atoms with van der Waals surface area (Å²) < 4.78 is 16.8. The molecule has 0 heterocycles. The van der Waals surface area contributed by atoms with Crippen molar-refractivity contribution >= 4 is 20.0 Å². The first kappa shape index (κ1) is 23.7. The number of nitrogens with one attached hydrogen (secondary N) is 1. The van der Waals surface area contributed by atoms with E-state index in [1.165, 1.54) is 0 Å². The lowest BCUT2D eigenvalue weighted by Crippen LogP contribution is -2.41. The Morgan fingerprint density at radius 1 is 1.04 bits per heavy atom. The zero-order valence-electron chi connectivity index (χ0n) is 17.9. The topological polar surface area (TPSA) is 56.8 Å². The molecule has 1 aromatic carbocycles. The quantitative estimate of drug-likeness (QED) is 0.303. The smallest absolute Gasteiger partial charge is 0.338 e. The maximum Gasteiger partial charge on any atom is 0.338 e. The van der Waals surface area contributed by atoms with Gasteiger partial charge >= 0.3 is 5.97 Å². The number of benzene rings is 1. The lowest BCUT2D eigenvalue weighted by molar-refractivity contribution is 0.0265. The van der Waals surface area contributed by atoms with Gasteiger partial charge in [-0.1, -0.05) is 34.1 Å². The highest BCUT2D eigenvalue weighted by molar-refractivity contribution is 6.74. The van der Waals surface area contributed by atoms with Crippen LogP contribution in [-0.2, 0) is 13.9 Å². The SMILES string of the molecule is CCCCNc1ccc(C(=O)OCCOCCO[Si](C)(C)C(C)(C)C)cc1. The molecule has 0 spiro atoms. The van der Waals surface area contributed by atoms with Crippen LogP contribution >= 0.6 is 0 Å². The molecule has 27 heavy (non-hydrogen) atoms. The lowest BCUT2D eigenvalue weighted by atomic mass is 10.2. The molecule has 5 nitrogen and oxygen atoms in total. The van der Waals surface area contributed by atoms with Crippen molar-refractivity contribution < 1.29 is 18.7 Å². The maximum absolute atomic E-state index is 12.0. The van der Waals surface area contributed by atoms with Gasteiger partial charge in [-0.25, -0.2) is 4.79 Å². The molecule has 0 aromatic heterocycles. The van der Waals surface area contributed by atoms with Gasteiger partial charge in [-0.15, -0.1) is 0 Å². The van der Waals surface area contributed by atoms with Crippen LogP contribution in [0, 0.1) is 0 Å². The third-order valence-corrected chi connectivity index (χ3v) is 9.48. The first-order chi connectivity index (χ1) is 12.7. The van der Waals surface area contributed by atoms with Crippen molar-refractivity contribution in [1.82, 2.24) is 0 Å². The van der Waals surface area contributed by atoms with Gasteiger partial charge in [0.15, 0.2) is 8.32 Å². The molecule has 0 aliphatic rings. The molecule has 0 aliphatic carbocycles. The summed E-state index contributed by atoms with van der Waals surface area (Å²) in [6, 6.07) is 7.37. The Balaban J connectivity index is 2.18. The predicted octanol–water partition coefficient (Wildman–Crippen LogP) is 5.09. The van der Waals surface area contributed by atoms with E-state index >= 15 is 0 Å². The van der Waals surface area contributed by atoms with Crippen LogP contribution in [0.4, 0.5) is 5.69 Å². The molecule has 0 unspecified atom stereocenters. The lowest BCUT2D eigenvalue weighted by Gasteiger charge is -2.36. The largest absolute Gasteiger partial charge is 0.460 e. The maximum atomic E-state index is 12.0. The monoisotopic (exact) mass is 395 g/mol. The first-order valence-electron chi connectivity index (χ1n) is 9.90. The number of esters is 1. The van der Waals surface area contributed by atoms with Crippen molar-refractivity contribution in [2.45, 2.75) is 58.7 Å². The average Bonchev–Trinajstić information content (AvgIpc) is 2.60. The second kappa shape index (κ2) is 11.5. The van der Waals surface area contributed by atoms with E-state index in [1.54, 1.807) is 12.1 Å². The molecule has 6 heteroatoms. The Morgan fingerprint density at radius 2 is 1.67 bits per heavy atom. The number of carbonyl (C=O) groups is 1. The molecule has 0 saturated carbocycles. The van der Waals surface area contributed by atoms with Gasteiger partial charge in [0, 0.05) is 12.2 Å². The van der Waals surface area contributed by atoms with Crippen molar-refractivity contribution in [2.24, 2.45) is 0 Å². The molecule has 1 rings (SSSR count). The van der Waals surface area contributed by atoms with Crippen LogP contribution in [-0.4, -0.2) is 47.3 Å². The number of carbonyl (C=O) groups excluding carboxylic acids is 1. The van der Waals surface area contributed by atoms with Crippen LogP contribution in [0.15, 0.2) is 24.3 Å². The summed E-state index contributed by atoms with van der Waals surface area (Å²) in [6.45, 7) is 15.9. The third kappa shape index (κ3) is 8.91. The fraction of sp³-hybridized carbons (Fsp3) is 0.667. The zero-order chi connectivity index (χ0) is 20.3. The van der Waals surface area contributed by atoms with Crippen molar-refractivity contribution in [3.05, 3.63) is 29.8 Å². The number of ether oxygens (including phenoxy) is 2. The Hall–Kier alpha value is -1.37. The summed E-state index contributed by atoms with van der Waals surface area (Å²) in [5.41, 5.74) is 1.57. The molecule has 0 fully saturated rings. The molecule has 0 atom stereocenters. The zero-order valence-corrected chi connectivity index (χ0v) is 18.9. The van der Waals surface area contributed by atoms with Gasteiger partial charge < -0.3 is 19.2 Å². The predicted molar refractivity (Wildman–Crippen MR) is 114 cm³/mol. The van der Waals surface area contributed by atoms with Gasteiger partial charge in [0.05, 0.1) is 25.4 Å². The van der Waals surface area contributed by atoms with E-state index in [2.05, 4.69) is 46.1 Å². The van der Waals surface area contributed by atoms with Crippen LogP contribution in [0.3, 0.4) is 0 Å². The number of unbranched alkanes of at least 4 members (excludes halogenated alkanes) is 1. The van der Waals surface area contributed by atoms with Gasteiger partial charge in [0.1, 0.15) is 6.61 Å². The number of anilines is 1. The van der Waals surface area contributed by atoms with Crippen LogP contribution in [0.5, 0.6) is 0 Å². The Kier molecular flexibility index (Phi) is 10.0.